The monoisotopic (exact) mass is 751 g/mol. The zero-order valence-electron chi connectivity index (χ0n) is 37.2. The van der Waals surface area contributed by atoms with E-state index in [0.717, 1.165) is 33.4 Å². The van der Waals surface area contributed by atoms with Gasteiger partial charge in [0.25, 0.3) is 0 Å². The van der Waals surface area contributed by atoms with Crippen molar-refractivity contribution in [3.8, 4) is 46.6 Å². The Morgan fingerprint density at radius 3 is 0.852 bits per heavy atom. The van der Waals surface area contributed by atoms with E-state index in [2.05, 4.69) is 232 Å². The Morgan fingerprint density at radius 1 is 0.352 bits per heavy atom. The molecule has 0 N–H and O–H groups in total. The number of hydrogen-bond donors (Lipinski definition) is 0. The third kappa shape index (κ3) is 10.1. The van der Waals surface area contributed by atoms with Crippen LogP contribution in [-0.2, 0) is 10.8 Å². The van der Waals surface area contributed by atoms with Crippen LogP contribution >= 0.6 is 0 Å². The number of rotatable bonds is 6. The molecule has 0 spiro atoms. The van der Waals surface area contributed by atoms with Crippen molar-refractivity contribution >= 4 is 16.1 Å². The minimum absolute atomic E-state index is 0.0175. The lowest BCUT2D eigenvalue weighted by molar-refractivity contribution is 0.590. The van der Waals surface area contributed by atoms with E-state index in [-0.39, 0.29) is 10.8 Å². The third-order valence-electron chi connectivity index (χ3n) is 11.9. The van der Waals surface area contributed by atoms with Gasteiger partial charge in [0.1, 0.15) is 16.1 Å². The van der Waals surface area contributed by atoms with Crippen molar-refractivity contribution in [3.63, 3.8) is 0 Å². The molecule has 286 valence electrons. The Labute approximate surface area is 335 Å². The SMILES string of the molecule is CC(C)[Si](C#Cc1cc(C(C)(C)C)ccc1C#Cc1ccccc1C#Cc1ccc(C(C)(C)C)cc1C#C[Si](C(C)C)(C(C)C)C(C)C)(C(C)C)C(C)C. The molecule has 0 nitrogen and oxygen atoms in total. The lowest BCUT2D eigenvalue weighted by Gasteiger charge is -2.38. The Kier molecular flexibility index (Phi) is 14.8. The van der Waals surface area contributed by atoms with Gasteiger partial charge in [0.2, 0.25) is 0 Å². The average Bonchev–Trinajstić information content (AvgIpc) is 3.06. The van der Waals surface area contributed by atoms with E-state index in [1.165, 1.54) is 11.1 Å². The van der Waals surface area contributed by atoms with Crippen LogP contribution in [0.4, 0.5) is 0 Å². The summed E-state index contributed by atoms with van der Waals surface area (Å²) in [5.41, 5.74) is 19.8. The van der Waals surface area contributed by atoms with Gasteiger partial charge in [-0.25, -0.2) is 0 Å². The van der Waals surface area contributed by atoms with Crippen molar-refractivity contribution in [1.82, 2.24) is 0 Å². The molecule has 3 aromatic carbocycles. The maximum absolute atomic E-state index is 3.96. The van der Waals surface area contributed by atoms with E-state index in [1.54, 1.807) is 0 Å². The normalized spacial score (nSPS) is 12.3. The van der Waals surface area contributed by atoms with Gasteiger partial charge in [-0.2, -0.15) is 0 Å². The molecule has 0 heterocycles. The van der Waals surface area contributed by atoms with Gasteiger partial charge in [-0.15, -0.1) is 11.1 Å². The fourth-order valence-corrected chi connectivity index (χ4v) is 19.1. The van der Waals surface area contributed by atoms with Crippen LogP contribution in [0.5, 0.6) is 0 Å². The summed E-state index contributed by atoms with van der Waals surface area (Å²) in [4.78, 5) is 0. The zero-order chi connectivity index (χ0) is 40.8. The first-order chi connectivity index (χ1) is 25.0. The van der Waals surface area contributed by atoms with E-state index < -0.39 is 16.1 Å². The molecule has 0 atom stereocenters. The van der Waals surface area contributed by atoms with Crippen LogP contribution in [0.15, 0.2) is 60.7 Å². The second kappa shape index (κ2) is 17.9. The first-order valence-electron chi connectivity index (χ1n) is 20.5. The molecule has 0 aromatic heterocycles. The Morgan fingerprint density at radius 2 is 0.611 bits per heavy atom. The molecule has 0 bridgehead atoms. The lowest BCUT2D eigenvalue weighted by Crippen LogP contribution is -2.43. The van der Waals surface area contributed by atoms with Crippen LogP contribution in [0.25, 0.3) is 0 Å². The predicted octanol–water partition coefficient (Wildman–Crippen LogP) is 14.2. The molecular weight excluding hydrogens is 681 g/mol. The van der Waals surface area contributed by atoms with E-state index in [4.69, 9.17) is 0 Å². The largest absolute Gasteiger partial charge is 0.146 e. The summed E-state index contributed by atoms with van der Waals surface area (Å²) >= 11 is 0. The van der Waals surface area contributed by atoms with E-state index >= 15 is 0 Å². The zero-order valence-corrected chi connectivity index (χ0v) is 39.2. The first kappa shape index (κ1) is 44.7. The topological polar surface area (TPSA) is 0 Å². The molecule has 2 heteroatoms. The number of hydrogen-bond acceptors (Lipinski definition) is 0. The summed E-state index contributed by atoms with van der Waals surface area (Å²) in [6.07, 6.45) is 0. The molecule has 0 fully saturated rings. The quantitative estimate of drug-likeness (QED) is 0.174. The van der Waals surface area contributed by atoms with E-state index in [9.17, 15) is 0 Å². The van der Waals surface area contributed by atoms with Gasteiger partial charge in [-0.1, -0.05) is 184 Å². The summed E-state index contributed by atoms with van der Waals surface area (Å²) in [7, 11) is -3.85. The molecule has 0 saturated carbocycles. The molecule has 3 rings (SSSR count). The second-order valence-corrected chi connectivity index (χ2v) is 30.5. The van der Waals surface area contributed by atoms with Gasteiger partial charge < -0.3 is 0 Å². The average molecular weight is 751 g/mol. The minimum atomic E-state index is -1.92. The Balaban J connectivity index is 2.23. The van der Waals surface area contributed by atoms with Crippen LogP contribution in [-0.4, -0.2) is 16.1 Å². The summed E-state index contributed by atoms with van der Waals surface area (Å²) in [5, 5.41) is 0. The number of benzene rings is 3. The van der Waals surface area contributed by atoms with Gasteiger partial charge >= 0.3 is 0 Å². The fourth-order valence-electron chi connectivity index (χ4n) is 8.63. The predicted molar refractivity (Wildman–Crippen MR) is 245 cm³/mol. The summed E-state index contributed by atoms with van der Waals surface area (Å²) in [5.74, 6) is 21.6. The standard InChI is InChI=1S/C52H70Si2/c1-37(2)53(38(3)4,39(5)6)33-31-47-35-49(51(13,14)15)29-27-45(47)25-23-43-21-19-20-22-44(43)24-26-46-28-30-50(52(16,17)18)36-48(46)32-34-54(40(7)8,41(9)10)42(11)12/h19-22,27-30,35-42H,1-18H3. The van der Waals surface area contributed by atoms with Gasteiger partial charge in [0.05, 0.1) is 0 Å². The molecule has 0 saturated heterocycles. The molecule has 0 aliphatic carbocycles. The maximum atomic E-state index is 3.96. The Hall–Kier alpha value is -3.67. The molecule has 0 radical (unpaired) electrons. The highest BCUT2D eigenvalue weighted by Gasteiger charge is 2.42. The molecule has 0 unspecified atom stereocenters. The molecule has 0 amide bonds. The van der Waals surface area contributed by atoms with Crippen LogP contribution in [0.3, 0.4) is 0 Å². The highest BCUT2D eigenvalue weighted by atomic mass is 28.3. The van der Waals surface area contributed by atoms with Crippen molar-refractivity contribution in [1.29, 1.82) is 0 Å². The molecule has 3 aromatic rings. The van der Waals surface area contributed by atoms with Crippen LogP contribution in [0.1, 0.15) is 169 Å². The van der Waals surface area contributed by atoms with Crippen LogP contribution in [0.2, 0.25) is 33.2 Å². The van der Waals surface area contributed by atoms with Crippen LogP contribution in [0, 0.1) is 46.6 Å². The van der Waals surface area contributed by atoms with Crippen LogP contribution < -0.4 is 0 Å². The van der Waals surface area contributed by atoms with Gasteiger partial charge in [-0.05, 0) is 91.6 Å². The molecular formula is C52H70Si2. The van der Waals surface area contributed by atoms with E-state index in [1.807, 2.05) is 0 Å². The van der Waals surface area contributed by atoms with Crippen molar-refractivity contribution in [2.75, 3.05) is 0 Å². The molecule has 54 heavy (non-hydrogen) atoms. The summed E-state index contributed by atoms with van der Waals surface area (Å²) in [6.45, 7) is 42.1. The first-order valence-corrected chi connectivity index (χ1v) is 24.9. The minimum Gasteiger partial charge on any atom is -0.125 e. The van der Waals surface area contributed by atoms with Gasteiger partial charge in [0, 0.05) is 33.4 Å². The fraction of sp³-hybridized carbons (Fsp3) is 0.500. The van der Waals surface area contributed by atoms with Crippen molar-refractivity contribution < 1.29 is 0 Å². The highest BCUT2D eigenvalue weighted by Crippen LogP contribution is 2.42. The Bertz CT molecular complexity index is 1830. The van der Waals surface area contributed by atoms with Gasteiger partial charge in [0.15, 0.2) is 0 Å². The van der Waals surface area contributed by atoms with Crippen molar-refractivity contribution in [3.05, 3.63) is 105 Å². The van der Waals surface area contributed by atoms with Crippen molar-refractivity contribution in [2.24, 2.45) is 0 Å². The second-order valence-electron chi connectivity index (χ2n) is 19.4. The van der Waals surface area contributed by atoms with Crippen molar-refractivity contribution in [2.45, 2.75) is 169 Å². The summed E-state index contributed by atoms with van der Waals surface area (Å²) in [6, 6.07) is 21.6. The smallest absolute Gasteiger partial charge is 0.125 e. The molecule has 0 aliphatic rings. The van der Waals surface area contributed by atoms with E-state index in [0.29, 0.717) is 33.2 Å². The lowest BCUT2D eigenvalue weighted by atomic mass is 9.85. The van der Waals surface area contributed by atoms with Gasteiger partial charge in [-0.3, -0.25) is 0 Å². The summed E-state index contributed by atoms with van der Waals surface area (Å²) < 4.78 is 0. The third-order valence-corrected chi connectivity index (χ3v) is 24.5. The highest BCUT2D eigenvalue weighted by molar-refractivity contribution is 6.91. The maximum Gasteiger partial charge on any atom is 0.146 e. The molecule has 0 aliphatic heterocycles.